The van der Waals surface area contributed by atoms with Crippen molar-refractivity contribution in [3.8, 4) is 22.6 Å². The normalized spacial score (nSPS) is 10.7. The highest BCUT2D eigenvalue weighted by molar-refractivity contribution is 6.34. The molecule has 5 heteroatoms. The van der Waals surface area contributed by atoms with Crippen LogP contribution in [0.25, 0.3) is 21.9 Å². The van der Waals surface area contributed by atoms with Crippen molar-refractivity contribution in [1.29, 1.82) is 0 Å². The van der Waals surface area contributed by atoms with Gasteiger partial charge in [-0.25, -0.2) is 0 Å². The Morgan fingerprint density at radius 1 is 0.871 bits per heavy atom. The highest BCUT2D eigenvalue weighted by atomic mass is 35.5. The molecule has 0 unspecified atom stereocenters. The van der Waals surface area contributed by atoms with E-state index in [4.69, 9.17) is 21.1 Å². The fourth-order valence-electron chi connectivity index (χ4n) is 3.55. The van der Waals surface area contributed by atoms with Crippen LogP contribution in [0.4, 0.5) is 5.69 Å². The molecule has 1 N–H and O–H groups in total. The number of carbonyl (C=O) groups excluding carboxylic acids is 1. The lowest BCUT2D eigenvalue weighted by Gasteiger charge is -2.15. The zero-order valence-electron chi connectivity index (χ0n) is 17.5. The van der Waals surface area contributed by atoms with E-state index in [1.54, 1.807) is 26.4 Å². The van der Waals surface area contributed by atoms with E-state index >= 15 is 0 Å². The minimum atomic E-state index is -0.238. The van der Waals surface area contributed by atoms with E-state index in [2.05, 4.69) is 29.6 Å². The highest BCUT2D eigenvalue weighted by Crippen LogP contribution is 2.38. The summed E-state index contributed by atoms with van der Waals surface area (Å²) in [5.74, 6) is 1.00. The van der Waals surface area contributed by atoms with E-state index in [0.29, 0.717) is 27.8 Å². The number of hydrogen-bond donors (Lipinski definition) is 1. The predicted molar refractivity (Wildman–Crippen MR) is 127 cm³/mol. The van der Waals surface area contributed by atoms with E-state index in [1.165, 1.54) is 5.56 Å². The molecule has 0 spiro atoms. The number of methoxy groups -OCH3 is 2. The van der Waals surface area contributed by atoms with Crippen molar-refractivity contribution in [2.24, 2.45) is 0 Å². The summed E-state index contributed by atoms with van der Waals surface area (Å²) in [5, 5.41) is 5.23. The maximum absolute atomic E-state index is 13.1. The Labute approximate surface area is 186 Å². The van der Waals surface area contributed by atoms with Crippen molar-refractivity contribution in [2.75, 3.05) is 19.5 Å². The summed E-state index contributed by atoms with van der Waals surface area (Å²) in [5.41, 5.74) is 4.20. The van der Waals surface area contributed by atoms with Crippen LogP contribution in [0.2, 0.25) is 5.02 Å². The van der Waals surface area contributed by atoms with Gasteiger partial charge in [0, 0.05) is 5.56 Å². The van der Waals surface area contributed by atoms with Crippen LogP contribution >= 0.6 is 11.6 Å². The summed E-state index contributed by atoms with van der Waals surface area (Å²) in [4.78, 5) is 13.1. The van der Waals surface area contributed by atoms with E-state index in [9.17, 15) is 4.79 Å². The Hall–Kier alpha value is -3.50. The molecule has 4 nitrogen and oxygen atoms in total. The molecule has 0 saturated carbocycles. The number of halogens is 1. The maximum atomic E-state index is 13.1. The lowest BCUT2D eigenvalue weighted by Crippen LogP contribution is -2.12. The number of aryl methyl sites for hydroxylation is 1. The second kappa shape index (κ2) is 8.70. The average molecular weight is 432 g/mol. The van der Waals surface area contributed by atoms with Gasteiger partial charge in [-0.3, -0.25) is 4.79 Å². The first kappa shape index (κ1) is 20.8. The molecule has 4 aromatic rings. The van der Waals surface area contributed by atoms with Gasteiger partial charge in [-0.15, -0.1) is 0 Å². The second-order valence-corrected chi connectivity index (χ2v) is 7.66. The third-order valence-corrected chi connectivity index (χ3v) is 5.53. The number of benzene rings is 4. The van der Waals surface area contributed by atoms with Crippen molar-refractivity contribution < 1.29 is 14.3 Å². The standard InChI is InChI=1S/C26H22ClNO3/c1-16-8-10-17(11-9-16)20-13-19(26(29)28-23-7-5-4-6-22(23)27)12-18-14-24(30-2)25(31-3)15-21(18)20/h4-15H,1-3H3,(H,28,29). The molecule has 0 bridgehead atoms. The van der Waals surface area contributed by atoms with Gasteiger partial charge >= 0.3 is 0 Å². The molecule has 1 amide bonds. The Bertz CT molecular complexity index is 1270. The molecule has 4 rings (SSSR count). The van der Waals surface area contributed by atoms with Crippen LogP contribution in [-0.2, 0) is 0 Å². The molecule has 4 aromatic carbocycles. The minimum Gasteiger partial charge on any atom is -0.493 e. The summed E-state index contributed by atoms with van der Waals surface area (Å²) >= 11 is 6.22. The zero-order chi connectivity index (χ0) is 22.0. The maximum Gasteiger partial charge on any atom is 0.255 e. The Morgan fingerprint density at radius 2 is 1.55 bits per heavy atom. The van der Waals surface area contributed by atoms with Gasteiger partial charge < -0.3 is 14.8 Å². The quantitative estimate of drug-likeness (QED) is 0.380. The lowest BCUT2D eigenvalue weighted by molar-refractivity contribution is 0.102. The number of nitrogens with one attached hydrogen (secondary N) is 1. The number of fused-ring (bicyclic) bond motifs is 1. The molecule has 0 heterocycles. The molecule has 0 aromatic heterocycles. The number of ether oxygens (including phenoxy) is 2. The van der Waals surface area contributed by atoms with Crippen LogP contribution in [0, 0.1) is 6.92 Å². The first-order valence-corrected chi connectivity index (χ1v) is 10.2. The van der Waals surface area contributed by atoms with Gasteiger partial charge in [-0.1, -0.05) is 53.6 Å². The summed E-state index contributed by atoms with van der Waals surface area (Å²) in [6, 6.07) is 23.0. The van der Waals surface area contributed by atoms with Gasteiger partial charge in [0.1, 0.15) is 0 Å². The highest BCUT2D eigenvalue weighted by Gasteiger charge is 2.16. The Morgan fingerprint density at radius 3 is 2.23 bits per heavy atom. The minimum absolute atomic E-state index is 0.238. The third kappa shape index (κ3) is 4.21. The summed E-state index contributed by atoms with van der Waals surface area (Å²) in [6.45, 7) is 2.04. The van der Waals surface area contributed by atoms with E-state index in [0.717, 1.165) is 21.9 Å². The number of amides is 1. The first-order chi connectivity index (χ1) is 15.0. The smallest absolute Gasteiger partial charge is 0.255 e. The molecule has 0 aliphatic heterocycles. The molecule has 0 saturated heterocycles. The lowest BCUT2D eigenvalue weighted by atomic mass is 9.94. The molecule has 0 atom stereocenters. The predicted octanol–water partition coefficient (Wildman–Crippen LogP) is 6.74. The second-order valence-electron chi connectivity index (χ2n) is 7.25. The largest absolute Gasteiger partial charge is 0.493 e. The molecule has 0 aliphatic carbocycles. The Kier molecular flexibility index (Phi) is 5.83. The van der Waals surface area contributed by atoms with Crippen molar-refractivity contribution in [2.45, 2.75) is 6.92 Å². The average Bonchev–Trinajstić information content (AvgIpc) is 2.79. The number of hydrogen-bond acceptors (Lipinski definition) is 3. The molecule has 31 heavy (non-hydrogen) atoms. The molecule has 0 fully saturated rings. The van der Waals surface area contributed by atoms with Gasteiger partial charge in [0.2, 0.25) is 0 Å². The van der Waals surface area contributed by atoms with Gasteiger partial charge in [-0.2, -0.15) is 0 Å². The van der Waals surface area contributed by atoms with Gasteiger partial charge in [0.25, 0.3) is 5.91 Å². The summed E-state index contributed by atoms with van der Waals surface area (Å²) in [7, 11) is 3.21. The van der Waals surface area contributed by atoms with Crippen LogP contribution in [0.15, 0.2) is 72.8 Å². The number of para-hydroxylation sites is 1. The van der Waals surface area contributed by atoms with E-state index < -0.39 is 0 Å². The molecule has 156 valence electrons. The SMILES string of the molecule is COc1cc2cc(C(=O)Nc3ccccc3Cl)cc(-c3ccc(C)cc3)c2cc1OC. The van der Waals surface area contributed by atoms with Crippen molar-refractivity contribution in [1.82, 2.24) is 0 Å². The Balaban J connectivity index is 1.89. The monoisotopic (exact) mass is 431 g/mol. The third-order valence-electron chi connectivity index (χ3n) is 5.20. The van der Waals surface area contributed by atoms with Crippen LogP contribution in [0.3, 0.4) is 0 Å². The van der Waals surface area contributed by atoms with Crippen LogP contribution in [0.5, 0.6) is 11.5 Å². The molecule has 0 radical (unpaired) electrons. The van der Waals surface area contributed by atoms with Crippen molar-refractivity contribution >= 4 is 34.0 Å². The van der Waals surface area contributed by atoms with Gasteiger partial charge in [-0.05, 0) is 65.2 Å². The number of rotatable bonds is 5. The molecular formula is C26H22ClNO3. The van der Waals surface area contributed by atoms with Crippen LogP contribution in [-0.4, -0.2) is 20.1 Å². The molecule has 0 aliphatic rings. The number of carbonyl (C=O) groups is 1. The molecular weight excluding hydrogens is 410 g/mol. The van der Waals surface area contributed by atoms with Gasteiger partial charge in [0.05, 0.1) is 24.9 Å². The van der Waals surface area contributed by atoms with Gasteiger partial charge in [0.15, 0.2) is 11.5 Å². The zero-order valence-corrected chi connectivity index (χ0v) is 18.3. The van der Waals surface area contributed by atoms with E-state index in [1.807, 2.05) is 43.3 Å². The van der Waals surface area contributed by atoms with Crippen molar-refractivity contribution in [3.63, 3.8) is 0 Å². The fourth-order valence-corrected chi connectivity index (χ4v) is 3.73. The first-order valence-electron chi connectivity index (χ1n) is 9.83. The number of anilines is 1. The van der Waals surface area contributed by atoms with Crippen LogP contribution < -0.4 is 14.8 Å². The topological polar surface area (TPSA) is 47.6 Å². The fraction of sp³-hybridized carbons (Fsp3) is 0.115. The van der Waals surface area contributed by atoms with E-state index in [-0.39, 0.29) is 5.91 Å². The summed E-state index contributed by atoms with van der Waals surface area (Å²) < 4.78 is 11.0. The van der Waals surface area contributed by atoms with Crippen LogP contribution in [0.1, 0.15) is 15.9 Å². The van der Waals surface area contributed by atoms with Crippen molar-refractivity contribution in [3.05, 3.63) is 88.9 Å². The summed E-state index contributed by atoms with van der Waals surface area (Å²) in [6.07, 6.45) is 0.